The van der Waals surface area contributed by atoms with Gasteiger partial charge in [-0.05, 0) is 12.3 Å². The van der Waals surface area contributed by atoms with Crippen molar-refractivity contribution in [2.75, 3.05) is 11.9 Å². The number of nitrogens with one attached hydrogen (secondary N) is 1. The fraction of sp³-hybridized carbons (Fsp3) is 0.800. The lowest BCUT2D eigenvalue weighted by atomic mass is 9.94. The molecule has 0 radical (unpaired) electrons. The number of rotatable bonds is 6. The minimum atomic E-state index is -0.0823. The number of halogens is 1. The van der Waals surface area contributed by atoms with Crippen LogP contribution in [0.15, 0.2) is 0 Å². The monoisotopic (exact) mass is 263 g/mol. The first-order valence-electron chi connectivity index (χ1n) is 4.80. The Kier molecular flexibility index (Phi) is 6.79. The van der Waals surface area contributed by atoms with E-state index in [-0.39, 0.29) is 17.6 Å². The highest BCUT2D eigenvalue weighted by Crippen LogP contribution is 2.13. The molecule has 0 spiro atoms. The summed E-state index contributed by atoms with van der Waals surface area (Å²) in [7, 11) is 0. The highest BCUT2D eigenvalue weighted by atomic mass is 79.9. The second-order valence-electron chi connectivity index (χ2n) is 3.86. The van der Waals surface area contributed by atoms with Gasteiger partial charge in [-0.2, -0.15) is 0 Å². The van der Waals surface area contributed by atoms with Gasteiger partial charge in [0.15, 0.2) is 0 Å². The third-order valence-electron chi connectivity index (χ3n) is 1.94. The number of alkyl halides is 1. The molecule has 0 heterocycles. The molecule has 0 saturated heterocycles. The third kappa shape index (κ3) is 6.13. The van der Waals surface area contributed by atoms with Crippen molar-refractivity contribution in [2.45, 2.75) is 27.2 Å². The maximum absolute atomic E-state index is 11.5. The minimum Gasteiger partial charge on any atom is -0.356 e. The third-order valence-corrected chi connectivity index (χ3v) is 2.49. The molecular weight excluding hydrogens is 246 g/mol. The summed E-state index contributed by atoms with van der Waals surface area (Å²) in [4.78, 5) is 22.2. The molecule has 82 valence electrons. The quantitative estimate of drug-likeness (QED) is 0.743. The van der Waals surface area contributed by atoms with Crippen LogP contribution < -0.4 is 5.32 Å². The average molecular weight is 264 g/mol. The van der Waals surface area contributed by atoms with Crippen LogP contribution in [0.3, 0.4) is 0 Å². The second kappa shape index (κ2) is 6.98. The summed E-state index contributed by atoms with van der Waals surface area (Å²) in [6.45, 7) is 6.06. The number of amides is 1. The molecule has 1 amide bonds. The summed E-state index contributed by atoms with van der Waals surface area (Å²) in [5.74, 6) is 0.489. The Hall–Kier alpha value is -0.380. The number of carbonyl (C=O) groups excluding carboxylic acids is 2. The Balaban J connectivity index is 4.10. The highest BCUT2D eigenvalue weighted by molar-refractivity contribution is 9.09. The van der Waals surface area contributed by atoms with Gasteiger partial charge in [-0.3, -0.25) is 9.59 Å². The van der Waals surface area contributed by atoms with Gasteiger partial charge < -0.3 is 5.32 Å². The van der Waals surface area contributed by atoms with E-state index in [9.17, 15) is 9.59 Å². The number of Topliss-reactive ketones (excluding diaryl/α,β-unsaturated/α-hetero) is 1. The van der Waals surface area contributed by atoms with Gasteiger partial charge in [0, 0.05) is 19.4 Å². The minimum absolute atomic E-state index is 0.0572. The van der Waals surface area contributed by atoms with Crippen molar-refractivity contribution >= 4 is 27.6 Å². The Bertz CT molecular complexity index is 204. The summed E-state index contributed by atoms with van der Waals surface area (Å²) in [5, 5.41) is 3.05. The van der Waals surface area contributed by atoms with E-state index < -0.39 is 0 Å². The Morgan fingerprint density at radius 1 is 1.36 bits per heavy atom. The number of hydrogen-bond acceptors (Lipinski definition) is 2. The molecular formula is C10H18BrNO2. The maximum atomic E-state index is 11.5. The van der Waals surface area contributed by atoms with E-state index >= 15 is 0 Å². The summed E-state index contributed by atoms with van der Waals surface area (Å²) in [6.07, 6.45) is 0.824. The van der Waals surface area contributed by atoms with Crippen molar-refractivity contribution in [1.29, 1.82) is 0 Å². The molecule has 1 N–H and O–H groups in total. The standard InChI is InChI=1S/C10H18BrNO2/c1-7(2)4-9(10(14)5-11)6-12-8(3)13/h7,9H,4-6H2,1-3H3,(H,12,13). The molecule has 0 aromatic rings. The van der Waals surface area contributed by atoms with E-state index in [4.69, 9.17) is 0 Å². The van der Waals surface area contributed by atoms with E-state index in [0.717, 1.165) is 6.42 Å². The van der Waals surface area contributed by atoms with Crippen molar-refractivity contribution in [3.05, 3.63) is 0 Å². The van der Waals surface area contributed by atoms with Gasteiger partial charge >= 0.3 is 0 Å². The van der Waals surface area contributed by atoms with Crippen LogP contribution in [-0.2, 0) is 9.59 Å². The van der Waals surface area contributed by atoms with Crippen molar-refractivity contribution in [2.24, 2.45) is 11.8 Å². The number of carbonyl (C=O) groups is 2. The van der Waals surface area contributed by atoms with E-state index in [0.29, 0.717) is 17.8 Å². The van der Waals surface area contributed by atoms with Crippen LogP contribution >= 0.6 is 15.9 Å². The van der Waals surface area contributed by atoms with Crippen molar-refractivity contribution in [3.8, 4) is 0 Å². The van der Waals surface area contributed by atoms with E-state index in [2.05, 4.69) is 35.1 Å². The van der Waals surface area contributed by atoms with Gasteiger partial charge in [0.2, 0.25) is 5.91 Å². The molecule has 0 bridgehead atoms. The Labute approximate surface area is 93.8 Å². The SMILES string of the molecule is CC(=O)NCC(CC(C)C)C(=O)CBr. The maximum Gasteiger partial charge on any atom is 0.216 e. The molecule has 0 rings (SSSR count). The van der Waals surface area contributed by atoms with Crippen LogP contribution in [0.4, 0.5) is 0 Å². The predicted octanol–water partition coefficient (Wildman–Crippen LogP) is 1.75. The predicted molar refractivity (Wildman–Crippen MR) is 60.4 cm³/mol. The first-order valence-corrected chi connectivity index (χ1v) is 5.92. The van der Waals surface area contributed by atoms with Gasteiger partial charge in [-0.1, -0.05) is 29.8 Å². The molecule has 0 aromatic carbocycles. The number of ketones is 1. The molecule has 1 atom stereocenters. The van der Waals surface area contributed by atoms with Gasteiger partial charge in [0.1, 0.15) is 5.78 Å². The molecule has 0 saturated carbocycles. The molecule has 0 fully saturated rings. The summed E-state index contributed by atoms with van der Waals surface area (Å²) in [5.41, 5.74) is 0. The van der Waals surface area contributed by atoms with E-state index in [1.54, 1.807) is 0 Å². The van der Waals surface area contributed by atoms with Gasteiger partial charge in [-0.25, -0.2) is 0 Å². The largest absolute Gasteiger partial charge is 0.356 e. The van der Waals surface area contributed by atoms with Crippen LogP contribution in [0.1, 0.15) is 27.2 Å². The van der Waals surface area contributed by atoms with E-state index in [1.807, 2.05) is 0 Å². The summed E-state index contributed by atoms with van der Waals surface area (Å²) >= 11 is 3.15. The van der Waals surface area contributed by atoms with Crippen LogP contribution in [0.5, 0.6) is 0 Å². The summed E-state index contributed by atoms with van der Waals surface area (Å²) < 4.78 is 0. The molecule has 1 unspecified atom stereocenters. The zero-order chi connectivity index (χ0) is 11.1. The molecule has 0 aliphatic heterocycles. The lowest BCUT2D eigenvalue weighted by Crippen LogP contribution is -2.32. The van der Waals surface area contributed by atoms with Crippen molar-refractivity contribution < 1.29 is 9.59 Å². The lowest BCUT2D eigenvalue weighted by molar-refractivity contribution is -0.121. The second-order valence-corrected chi connectivity index (χ2v) is 4.42. The van der Waals surface area contributed by atoms with E-state index in [1.165, 1.54) is 6.92 Å². The van der Waals surface area contributed by atoms with Crippen molar-refractivity contribution in [3.63, 3.8) is 0 Å². The zero-order valence-corrected chi connectivity index (χ0v) is 10.6. The zero-order valence-electron chi connectivity index (χ0n) is 8.97. The average Bonchev–Trinajstić information content (AvgIpc) is 2.10. The smallest absolute Gasteiger partial charge is 0.216 e. The van der Waals surface area contributed by atoms with Crippen LogP contribution in [0.25, 0.3) is 0 Å². The van der Waals surface area contributed by atoms with Crippen LogP contribution in [-0.4, -0.2) is 23.6 Å². The van der Waals surface area contributed by atoms with Gasteiger partial charge in [0.25, 0.3) is 0 Å². The molecule has 0 aliphatic carbocycles. The first-order chi connectivity index (χ1) is 6.47. The Morgan fingerprint density at radius 3 is 2.29 bits per heavy atom. The topological polar surface area (TPSA) is 46.2 Å². The number of hydrogen-bond donors (Lipinski definition) is 1. The molecule has 14 heavy (non-hydrogen) atoms. The molecule has 3 nitrogen and oxygen atoms in total. The fourth-order valence-corrected chi connectivity index (χ4v) is 1.73. The van der Waals surface area contributed by atoms with Crippen LogP contribution in [0, 0.1) is 11.8 Å². The molecule has 4 heteroatoms. The first kappa shape index (κ1) is 13.6. The van der Waals surface area contributed by atoms with Crippen molar-refractivity contribution in [1.82, 2.24) is 5.32 Å². The summed E-state index contributed by atoms with van der Waals surface area (Å²) in [6, 6.07) is 0. The van der Waals surface area contributed by atoms with Crippen LogP contribution in [0.2, 0.25) is 0 Å². The van der Waals surface area contributed by atoms with Gasteiger partial charge in [0.05, 0.1) is 5.33 Å². The lowest BCUT2D eigenvalue weighted by Gasteiger charge is -2.16. The van der Waals surface area contributed by atoms with Gasteiger partial charge in [-0.15, -0.1) is 0 Å². The molecule has 0 aromatic heterocycles. The fourth-order valence-electron chi connectivity index (χ4n) is 1.27. The highest BCUT2D eigenvalue weighted by Gasteiger charge is 2.18. The normalized spacial score (nSPS) is 12.6. The Morgan fingerprint density at radius 2 is 1.93 bits per heavy atom. The molecule has 0 aliphatic rings.